The van der Waals surface area contributed by atoms with Gasteiger partial charge in [0.1, 0.15) is 0 Å². The zero-order valence-electron chi connectivity index (χ0n) is 16.8. The second-order valence-corrected chi connectivity index (χ2v) is 9.22. The molecule has 0 aliphatic heterocycles. The van der Waals surface area contributed by atoms with Gasteiger partial charge in [0.25, 0.3) is 0 Å². The topological polar surface area (TPSA) is 88.2 Å². The van der Waals surface area contributed by atoms with E-state index in [1.54, 1.807) is 42.6 Å². The van der Waals surface area contributed by atoms with Crippen molar-refractivity contribution < 1.29 is 13.2 Å². The summed E-state index contributed by atoms with van der Waals surface area (Å²) in [6, 6.07) is 19.6. The largest absolute Gasteiger partial charge is 0.338 e. The van der Waals surface area contributed by atoms with E-state index < -0.39 is 9.84 Å². The predicted octanol–water partition coefficient (Wildman–Crippen LogP) is 3.87. The van der Waals surface area contributed by atoms with Crippen LogP contribution in [0.15, 0.2) is 72.9 Å². The van der Waals surface area contributed by atoms with E-state index in [2.05, 4.69) is 15.6 Å². The van der Waals surface area contributed by atoms with Gasteiger partial charge in [0.05, 0.1) is 11.5 Å². The number of hydrogen-bond donors (Lipinski definition) is 2. The molecule has 2 N–H and O–H groups in total. The van der Waals surface area contributed by atoms with Gasteiger partial charge in [-0.05, 0) is 48.2 Å². The molecule has 0 fully saturated rings. The van der Waals surface area contributed by atoms with Gasteiger partial charge < -0.3 is 10.6 Å². The number of sulfone groups is 1. The Kier molecular flexibility index (Phi) is 7.19. The van der Waals surface area contributed by atoms with Crippen molar-refractivity contribution in [3.8, 4) is 0 Å². The molecule has 0 aliphatic carbocycles. The fourth-order valence-corrected chi connectivity index (χ4v) is 4.50. The fraction of sp³-hybridized carbons (Fsp3) is 0.217. The first-order chi connectivity index (χ1) is 14.4. The van der Waals surface area contributed by atoms with Crippen molar-refractivity contribution in [1.82, 2.24) is 10.3 Å². The third kappa shape index (κ3) is 7.00. The molecule has 2 amide bonds. The van der Waals surface area contributed by atoms with E-state index in [0.717, 1.165) is 16.8 Å². The molecule has 7 heteroatoms. The number of hydrogen-bond acceptors (Lipinski definition) is 4. The molecule has 156 valence electrons. The monoisotopic (exact) mass is 423 g/mol. The minimum Gasteiger partial charge on any atom is -0.338 e. The molecule has 0 bridgehead atoms. The molecule has 1 heterocycles. The van der Waals surface area contributed by atoms with Gasteiger partial charge in [0.2, 0.25) is 0 Å². The molecule has 2 aromatic carbocycles. The highest BCUT2D eigenvalue weighted by Gasteiger charge is 2.13. The number of nitrogens with zero attached hydrogens (tertiary/aromatic N) is 1. The summed E-state index contributed by atoms with van der Waals surface area (Å²) in [5.41, 5.74) is 3.95. The van der Waals surface area contributed by atoms with Gasteiger partial charge in [0.15, 0.2) is 9.84 Å². The predicted molar refractivity (Wildman–Crippen MR) is 119 cm³/mol. The number of rotatable bonds is 8. The SMILES string of the molecule is Cc1ccc(CCNC(=O)Nc2cccc(CS(=O)(=O)Cc3ccccc3)c2)cn1. The first kappa shape index (κ1) is 21.5. The van der Waals surface area contributed by atoms with Crippen molar-refractivity contribution in [2.24, 2.45) is 0 Å². The Morgan fingerprint density at radius 1 is 0.900 bits per heavy atom. The quantitative estimate of drug-likeness (QED) is 0.576. The van der Waals surface area contributed by atoms with E-state index >= 15 is 0 Å². The maximum absolute atomic E-state index is 12.5. The highest BCUT2D eigenvalue weighted by molar-refractivity contribution is 7.89. The minimum absolute atomic E-state index is 0.0140. The summed E-state index contributed by atoms with van der Waals surface area (Å²) in [6.07, 6.45) is 2.48. The molecule has 0 spiro atoms. The van der Waals surface area contributed by atoms with Crippen molar-refractivity contribution in [2.45, 2.75) is 24.9 Å². The fourth-order valence-electron chi connectivity index (χ4n) is 3.01. The van der Waals surface area contributed by atoms with Crippen molar-refractivity contribution in [3.05, 3.63) is 95.3 Å². The summed E-state index contributed by atoms with van der Waals surface area (Å²) in [5, 5.41) is 5.55. The Morgan fingerprint density at radius 2 is 1.63 bits per heavy atom. The summed E-state index contributed by atoms with van der Waals surface area (Å²) >= 11 is 0. The van der Waals surface area contributed by atoms with Gasteiger partial charge in [0, 0.05) is 24.1 Å². The second kappa shape index (κ2) is 10.0. The van der Waals surface area contributed by atoms with Crippen LogP contribution >= 0.6 is 0 Å². The van der Waals surface area contributed by atoms with Gasteiger partial charge in [-0.1, -0.05) is 48.5 Å². The first-order valence-electron chi connectivity index (χ1n) is 9.69. The molecule has 0 saturated carbocycles. The number of nitrogens with one attached hydrogen (secondary N) is 2. The molecule has 0 aliphatic rings. The molecule has 1 aromatic heterocycles. The highest BCUT2D eigenvalue weighted by Crippen LogP contribution is 2.16. The number of anilines is 1. The molecule has 3 aromatic rings. The number of urea groups is 1. The minimum atomic E-state index is -3.32. The Morgan fingerprint density at radius 3 is 2.37 bits per heavy atom. The number of benzene rings is 2. The number of aryl methyl sites for hydroxylation is 1. The van der Waals surface area contributed by atoms with Crippen LogP contribution in [-0.4, -0.2) is 26.0 Å². The lowest BCUT2D eigenvalue weighted by atomic mass is 10.2. The van der Waals surface area contributed by atoms with Crippen LogP contribution in [-0.2, 0) is 27.8 Å². The Labute approximate surface area is 177 Å². The zero-order valence-corrected chi connectivity index (χ0v) is 17.7. The molecule has 0 atom stereocenters. The lowest BCUT2D eigenvalue weighted by molar-refractivity contribution is 0.252. The summed E-state index contributed by atoms with van der Waals surface area (Å²) in [7, 11) is -3.32. The van der Waals surface area contributed by atoms with Crippen LogP contribution in [0.25, 0.3) is 0 Å². The Hall–Kier alpha value is -3.19. The normalized spacial score (nSPS) is 11.1. The van der Waals surface area contributed by atoms with Crippen LogP contribution in [0.2, 0.25) is 0 Å². The maximum atomic E-state index is 12.5. The van der Waals surface area contributed by atoms with Crippen molar-refractivity contribution in [1.29, 1.82) is 0 Å². The van der Waals surface area contributed by atoms with Crippen LogP contribution < -0.4 is 10.6 Å². The molecule has 30 heavy (non-hydrogen) atoms. The second-order valence-electron chi connectivity index (χ2n) is 7.16. The van der Waals surface area contributed by atoms with Gasteiger partial charge in [-0.15, -0.1) is 0 Å². The first-order valence-corrected chi connectivity index (χ1v) is 11.5. The highest BCUT2D eigenvalue weighted by atomic mass is 32.2. The third-order valence-corrected chi connectivity index (χ3v) is 6.02. The zero-order chi connectivity index (χ0) is 21.4. The van der Waals surface area contributed by atoms with Gasteiger partial charge in [-0.2, -0.15) is 0 Å². The van der Waals surface area contributed by atoms with E-state index in [1.807, 2.05) is 37.3 Å². The van der Waals surface area contributed by atoms with Crippen LogP contribution in [0, 0.1) is 6.92 Å². The van der Waals surface area contributed by atoms with Gasteiger partial charge in [-0.25, -0.2) is 13.2 Å². The van der Waals surface area contributed by atoms with E-state index in [0.29, 0.717) is 24.2 Å². The Balaban J connectivity index is 1.51. The van der Waals surface area contributed by atoms with E-state index in [-0.39, 0.29) is 17.5 Å². The van der Waals surface area contributed by atoms with E-state index in [9.17, 15) is 13.2 Å². The number of pyridine rings is 1. The van der Waals surface area contributed by atoms with Crippen molar-refractivity contribution in [2.75, 3.05) is 11.9 Å². The van der Waals surface area contributed by atoms with Crippen molar-refractivity contribution >= 4 is 21.6 Å². The molecular weight excluding hydrogens is 398 g/mol. The number of amides is 2. The maximum Gasteiger partial charge on any atom is 0.319 e. The smallest absolute Gasteiger partial charge is 0.319 e. The summed E-state index contributed by atoms with van der Waals surface area (Å²) in [6.45, 7) is 2.40. The average Bonchev–Trinajstić information content (AvgIpc) is 2.70. The molecule has 3 rings (SSSR count). The molecule has 6 nitrogen and oxygen atoms in total. The standard InChI is InChI=1S/C23H25N3O3S/c1-18-10-11-19(15-25-18)12-13-24-23(27)26-22-9-5-8-21(14-22)17-30(28,29)16-20-6-3-2-4-7-20/h2-11,14-15H,12-13,16-17H2,1H3,(H2,24,26,27). The molecule has 0 saturated heterocycles. The average molecular weight is 424 g/mol. The van der Waals surface area contributed by atoms with Crippen LogP contribution in [0.3, 0.4) is 0 Å². The van der Waals surface area contributed by atoms with E-state index in [4.69, 9.17) is 0 Å². The summed E-state index contributed by atoms with van der Waals surface area (Å²) < 4.78 is 25.0. The van der Waals surface area contributed by atoms with Crippen molar-refractivity contribution in [3.63, 3.8) is 0 Å². The lowest BCUT2D eigenvalue weighted by Gasteiger charge is -2.10. The lowest BCUT2D eigenvalue weighted by Crippen LogP contribution is -2.30. The number of carbonyl (C=O) groups is 1. The molecule has 0 radical (unpaired) electrons. The molecule has 0 unspecified atom stereocenters. The van der Waals surface area contributed by atoms with Crippen LogP contribution in [0.5, 0.6) is 0 Å². The van der Waals surface area contributed by atoms with Gasteiger partial charge in [-0.3, -0.25) is 4.98 Å². The number of aromatic nitrogens is 1. The Bertz CT molecular complexity index is 1080. The van der Waals surface area contributed by atoms with Crippen LogP contribution in [0.4, 0.5) is 10.5 Å². The molecular formula is C23H25N3O3S. The summed E-state index contributed by atoms with van der Waals surface area (Å²) in [4.78, 5) is 16.4. The van der Waals surface area contributed by atoms with E-state index in [1.165, 1.54) is 0 Å². The summed E-state index contributed by atoms with van der Waals surface area (Å²) in [5.74, 6) is -0.0979. The van der Waals surface area contributed by atoms with Gasteiger partial charge >= 0.3 is 6.03 Å². The number of carbonyl (C=O) groups excluding carboxylic acids is 1. The third-order valence-electron chi connectivity index (χ3n) is 4.47. The van der Waals surface area contributed by atoms with Crippen LogP contribution in [0.1, 0.15) is 22.4 Å².